The normalized spacial score (nSPS) is 11.5. The van der Waals surface area contributed by atoms with Crippen LogP contribution in [0.5, 0.6) is 0 Å². The number of nitrogens with zero attached hydrogens (tertiary/aromatic N) is 2. The molecule has 0 aromatic carbocycles. The molecule has 4 N–H and O–H groups in total. The summed E-state index contributed by atoms with van der Waals surface area (Å²) in [5, 5.41) is 14.1. The van der Waals surface area contributed by atoms with Gasteiger partial charge >= 0.3 is 0 Å². The first-order chi connectivity index (χ1) is 5.25. The molecule has 0 fully saturated rings. The van der Waals surface area contributed by atoms with E-state index in [1.807, 2.05) is 0 Å². The lowest BCUT2D eigenvalue weighted by atomic mass is 10.3. The largest absolute Gasteiger partial charge is 0.618 e. The Bertz CT molecular complexity index is 284. The average molecular weight is 152 g/mol. The molecule has 0 saturated carbocycles. The predicted molar refractivity (Wildman–Crippen MR) is 40.3 cm³/mol. The molecule has 1 aromatic rings. The molecule has 0 aliphatic heterocycles. The van der Waals surface area contributed by atoms with Gasteiger partial charge in [0.2, 0.25) is 5.84 Å². The SMILES string of the molecule is N/N=C(\N)c1cccc[n+]1[O-]. The second-order valence-electron chi connectivity index (χ2n) is 1.93. The van der Waals surface area contributed by atoms with Crippen molar-refractivity contribution in [1.82, 2.24) is 0 Å². The third-order valence-electron chi connectivity index (χ3n) is 1.23. The molecule has 0 aliphatic carbocycles. The van der Waals surface area contributed by atoms with E-state index in [4.69, 9.17) is 11.6 Å². The van der Waals surface area contributed by atoms with Crippen LogP contribution >= 0.6 is 0 Å². The van der Waals surface area contributed by atoms with Crippen molar-refractivity contribution in [2.24, 2.45) is 16.7 Å². The van der Waals surface area contributed by atoms with Gasteiger partial charge in [-0.15, -0.1) is 0 Å². The van der Waals surface area contributed by atoms with Gasteiger partial charge in [-0.1, -0.05) is 0 Å². The lowest BCUT2D eigenvalue weighted by Gasteiger charge is -2.00. The highest BCUT2D eigenvalue weighted by Crippen LogP contribution is 1.88. The van der Waals surface area contributed by atoms with Crippen LogP contribution in [0.1, 0.15) is 5.69 Å². The summed E-state index contributed by atoms with van der Waals surface area (Å²) < 4.78 is 0.603. The molecule has 1 rings (SSSR count). The molecular formula is C6H8N4O. The molecule has 0 radical (unpaired) electrons. The van der Waals surface area contributed by atoms with E-state index < -0.39 is 0 Å². The Balaban J connectivity index is 3.14. The van der Waals surface area contributed by atoms with Crippen LogP contribution in [0.4, 0.5) is 0 Å². The van der Waals surface area contributed by atoms with E-state index in [9.17, 15) is 5.21 Å². The van der Waals surface area contributed by atoms with Gasteiger partial charge in [0.25, 0.3) is 5.69 Å². The highest BCUT2D eigenvalue weighted by Gasteiger charge is 2.06. The minimum Gasteiger partial charge on any atom is -0.618 e. The Morgan fingerprint density at radius 2 is 2.27 bits per heavy atom. The Morgan fingerprint density at radius 3 is 2.82 bits per heavy atom. The fourth-order valence-electron chi connectivity index (χ4n) is 0.693. The van der Waals surface area contributed by atoms with Gasteiger partial charge < -0.3 is 16.8 Å². The number of aromatic nitrogens is 1. The quantitative estimate of drug-likeness (QED) is 0.134. The van der Waals surface area contributed by atoms with Gasteiger partial charge in [-0.2, -0.15) is 9.83 Å². The monoisotopic (exact) mass is 152 g/mol. The van der Waals surface area contributed by atoms with Crippen molar-refractivity contribution in [2.75, 3.05) is 0 Å². The minimum atomic E-state index is 0.0283. The lowest BCUT2D eigenvalue weighted by molar-refractivity contribution is -0.606. The molecule has 0 unspecified atom stereocenters. The van der Waals surface area contributed by atoms with Gasteiger partial charge in [0, 0.05) is 12.1 Å². The molecular weight excluding hydrogens is 144 g/mol. The van der Waals surface area contributed by atoms with Gasteiger partial charge in [-0.3, -0.25) is 0 Å². The number of amidine groups is 1. The van der Waals surface area contributed by atoms with Crippen molar-refractivity contribution in [3.8, 4) is 0 Å². The molecule has 0 aliphatic rings. The number of hydrogen-bond acceptors (Lipinski definition) is 3. The van der Waals surface area contributed by atoms with Crippen molar-refractivity contribution < 1.29 is 4.73 Å². The fourth-order valence-corrected chi connectivity index (χ4v) is 0.693. The minimum absolute atomic E-state index is 0.0283. The van der Waals surface area contributed by atoms with E-state index in [1.165, 1.54) is 6.20 Å². The maximum Gasteiger partial charge on any atom is 0.260 e. The van der Waals surface area contributed by atoms with Gasteiger partial charge in [-0.25, -0.2) is 0 Å². The summed E-state index contributed by atoms with van der Waals surface area (Å²) in [7, 11) is 0. The van der Waals surface area contributed by atoms with Crippen molar-refractivity contribution in [1.29, 1.82) is 0 Å². The molecule has 0 saturated heterocycles. The molecule has 5 nitrogen and oxygen atoms in total. The van der Waals surface area contributed by atoms with Crippen LogP contribution in [0.3, 0.4) is 0 Å². The molecule has 0 bridgehead atoms. The van der Waals surface area contributed by atoms with Crippen LogP contribution in [-0.4, -0.2) is 5.84 Å². The number of hydrogen-bond donors (Lipinski definition) is 2. The van der Waals surface area contributed by atoms with Crippen LogP contribution in [-0.2, 0) is 0 Å². The molecule has 1 heterocycles. The first-order valence-corrected chi connectivity index (χ1v) is 2.97. The second kappa shape index (κ2) is 2.87. The zero-order valence-corrected chi connectivity index (χ0v) is 5.77. The van der Waals surface area contributed by atoms with Crippen LogP contribution in [0.2, 0.25) is 0 Å². The number of nitrogens with two attached hydrogens (primary N) is 2. The molecule has 0 amide bonds. The summed E-state index contributed by atoms with van der Waals surface area (Å²) in [5.74, 6) is 4.91. The van der Waals surface area contributed by atoms with Crippen LogP contribution in [0.15, 0.2) is 29.5 Å². The Kier molecular flexibility index (Phi) is 1.91. The van der Waals surface area contributed by atoms with Crippen LogP contribution in [0, 0.1) is 5.21 Å². The van der Waals surface area contributed by atoms with E-state index in [2.05, 4.69) is 5.10 Å². The molecule has 1 aromatic heterocycles. The van der Waals surface area contributed by atoms with Crippen molar-refractivity contribution >= 4 is 5.84 Å². The fraction of sp³-hybridized carbons (Fsp3) is 0. The number of rotatable bonds is 1. The Hall–Kier alpha value is -1.78. The Labute approximate surface area is 63.5 Å². The molecule has 0 spiro atoms. The summed E-state index contributed by atoms with van der Waals surface area (Å²) in [6.45, 7) is 0. The zero-order valence-electron chi connectivity index (χ0n) is 5.77. The highest BCUT2D eigenvalue weighted by atomic mass is 16.5. The van der Waals surface area contributed by atoms with Crippen LogP contribution < -0.4 is 16.3 Å². The predicted octanol–water partition coefficient (Wildman–Crippen LogP) is -1.10. The van der Waals surface area contributed by atoms with E-state index in [0.29, 0.717) is 4.73 Å². The highest BCUT2D eigenvalue weighted by molar-refractivity contribution is 5.93. The maximum atomic E-state index is 10.9. The first kappa shape index (κ1) is 7.33. The summed E-state index contributed by atoms with van der Waals surface area (Å²) in [4.78, 5) is 0. The topological polar surface area (TPSA) is 91.3 Å². The Morgan fingerprint density at radius 1 is 1.55 bits per heavy atom. The molecule has 11 heavy (non-hydrogen) atoms. The second-order valence-corrected chi connectivity index (χ2v) is 1.93. The number of hydrazone groups is 1. The summed E-state index contributed by atoms with van der Waals surface area (Å²) >= 11 is 0. The van der Waals surface area contributed by atoms with Gasteiger partial charge in [0.1, 0.15) is 0 Å². The van der Waals surface area contributed by atoms with Gasteiger partial charge in [-0.05, 0) is 6.07 Å². The van der Waals surface area contributed by atoms with Gasteiger partial charge in [0.15, 0.2) is 6.20 Å². The van der Waals surface area contributed by atoms with Gasteiger partial charge in [0.05, 0.1) is 0 Å². The molecule has 58 valence electrons. The van der Waals surface area contributed by atoms with Crippen molar-refractivity contribution in [3.05, 3.63) is 35.3 Å². The van der Waals surface area contributed by atoms with E-state index >= 15 is 0 Å². The van der Waals surface area contributed by atoms with E-state index in [1.54, 1.807) is 18.2 Å². The smallest absolute Gasteiger partial charge is 0.260 e. The van der Waals surface area contributed by atoms with Crippen LogP contribution in [0.25, 0.3) is 0 Å². The third kappa shape index (κ3) is 1.37. The van der Waals surface area contributed by atoms with Crippen molar-refractivity contribution in [3.63, 3.8) is 0 Å². The lowest BCUT2D eigenvalue weighted by Crippen LogP contribution is -2.37. The zero-order chi connectivity index (χ0) is 8.27. The summed E-state index contributed by atoms with van der Waals surface area (Å²) in [5.41, 5.74) is 5.56. The molecule has 0 atom stereocenters. The van der Waals surface area contributed by atoms with Crippen molar-refractivity contribution in [2.45, 2.75) is 0 Å². The number of pyridine rings is 1. The average Bonchev–Trinajstić information content (AvgIpc) is 2.04. The molecule has 5 heteroatoms. The third-order valence-corrected chi connectivity index (χ3v) is 1.23. The standard InChI is InChI=1S/C6H8N4O/c7-6(9-8)5-3-1-2-4-10(5)11/h1-4H,8H2,(H2,7,9). The van der Waals surface area contributed by atoms with E-state index in [-0.39, 0.29) is 11.5 Å². The summed E-state index contributed by atoms with van der Waals surface area (Å²) in [6.07, 6.45) is 1.33. The van der Waals surface area contributed by atoms with E-state index in [0.717, 1.165) is 0 Å². The maximum absolute atomic E-state index is 10.9. The first-order valence-electron chi connectivity index (χ1n) is 2.97. The summed E-state index contributed by atoms with van der Waals surface area (Å²) in [6, 6.07) is 4.82.